The van der Waals surface area contributed by atoms with Gasteiger partial charge in [0.25, 0.3) is 0 Å². The van der Waals surface area contributed by atoms with Gasteiger partial charge in [-0.15, -0.1) is 0 Å². The first-order chi connectivity index (χ1) is 23.5. The van der Waals surface area contributed by atoms with E-state index in [2.05, 4.69) is 16.0 Å². The number of ether oxygens (including phenoxy) is 1. The minimum Gasteiger partial charge on any atom is -0.461 e. The number of ketones is 1. The molecule has 1 heterocycles. The Morgan fingerprint density at radius 3 is 2.16 bits per heavy atom. The van der Waals surface area contributed by atoms with Crippen molar-refractivity contribution in [1.29, 1.82) is 0 Å². The van der Waals surface area contributed by atoms with Crippen LogP contribution in [0.5, 0.6) is 0 Å². The second-order valence-corrected chi connectivity index (χ2v) is 13.9. The van der Waals surface area contributed by atoms with E-state index in [-0.39, 0.29) is 79.1 Å². The van der Waals surface area contributed by atoms with E-state index < -0.39 is 24.0 Å². The number of carbonyl (C=O) groups is 7. The fraction of sp³-hybridized carbons (Fsp3) is 0.649. The van der Waals surface area contributed by atoms with Gasteiger partial charge >= 0.3 is 12.0 Å². The Morgan fingerprint density at radius 1 is 0.980 bits per heavy atom. The van der Waals surface area contributed by atoms with Crippen molar-refractivity contribution in [3.05, 3.63) is 29.8 Å². The fourth-order valence-electron chi connectivity index (χ4n) is 5.56. The van der Waals surface area contributed by atoms with Crippen molar-refractivity contribution < 1.29 is 38.3 Å². The summed E-state index contributed by atoms with van der Waals surface area (Å²) in [6.45, 7) is 15.5. The Bertz CT molecular complexity index is 1310. The van der Waals surface area contributed by atoms with Crippen LogP contribution in [0.25, 0.3) is 0 Å². The monoisotopic (exact) mass is 701 g/mol. The molecule has 0 aliphatic carbocycles. The molecule has 5 N–H and O–H groups in total. The largest absolute Gasteiger partial charge is 0.461 e. The minimum absolute atomic E-state index is 0.106. The van der Waals surface area contributed by atoms with Crippen LogP contribution in [-0.2, 0) is 40.1 Å². The second kappa shape index (κ2) is 21.7. The first kappa shape index (κ1) is 43.7. The maximum Gasteiger partial charge on any atom is 0.312 e. The molecular weight excluding hydrogens is 642 g/mol. The molecule has 1 saturated heterocycles. The molecule has 0 aromatic heterocycles. The molecule has 2 rings (SSSR count). The predicted molar refractivity (Wildman–Crippen MR) is 191 cm³/mol. The van der Waals surface area contributed by atoms with Crippen molar-refractivity contribution >= 4 is 47.1 Å². The molecule has 1 aromatic rings. The molecule has 280 valence electrons. The average molecular weight is 702 g/mol. The SMILES string of the molecule is CC.CC(=O)OCc1ccc(NC(=O)C(CCCNC(N)=O)CC(=O)C(NC(=O)CCCCCN2C(=O)CC(C(C)(C)C)C2=O)C(C)C)cc1. The van der Waals surface area contributed by atoms with Gasteiger partial charge in [-0.25, -0.2) is 4.79 Å². The highest BCUT2D eigenvalue weighted by Gasteiger charge is 2.44. The third-order valence-electron chi connectivity index (χ3n) is 8.42. The summed E-state index contributed by atoms with van der Waals surface area (Å²) in [5, 5.41) is 8.15. The van der Waals surface area contributed by atoms with Crippen LogP contribution in [0.3, 0.4) is 0 Å². The van der Waals surface area contributed by atoms with Gasteiger partial charge < -0.3 is 26.4 Å². The van der Waals surface area contributed by atoms with Gasteiger partial charge in [-0.3, -0.25) is 33.7 Å². The number of imide groups is 1. The molecule has 1 aliphatic heterocycles. The molecule has 0 radical (unpaired) electrons. The van der Waals surface area contributed by atoms with Crippen LogP contribution < -0.4 is 21.7 Å². The Labute approximate surface area is 297 Å². The summed E-state index contributed by atoms with van der Waals surface area (Å²) in [5.74, 6) is -2.91. The number of benzene rings is 1. The Hall–Kier alpha value is -4.29. The predicted octanol–water partition coefficient (Wildman–Crippen LogP) is 4.86. The number of unbranched alkanes of at least 4 members (excludes halogenated alkanes) is 2. The van der Waals surface area contributed by atoms with Crippen LogP contribution in [-0.4, -0.2) is 65.4 Å². The van der Waals surface area contributed by atoms with Crippen LogP contribution in [0.1, 0.15) is 112 Å². The number of primary amides is 1. The molecule has 13 nitrogen and oxygen atoms in total. The number of urea groups is 1. The van der Waals surface area contributed by atoms with E-state index in [0.29, 0.717) is 44.3 Å². The quantitative estimate of drug-likeness (QED) is 0.0892. The molecule has 13 heteroatoms. The van der Waals surface area contributed by atoms with Crippen LogP contribution in [0.4, 0.5) is 10.5 Å². The number of carbonyl (C=O) groups excluding carboxylic acids is 7. The zero-order chi connectivity index (χ0) is 38.0. The van der Waals surface area contributed by atoms with Gasteiger partial charge in [-0.2, -0.15) is 0 Å². The number of nitrogens with two attached hydrogens (primary N) is 1. The molecule has 0 bridgehead atoms. The lowest BCUT2D eigenvalue weighted by Crippen LogP contribution is -2.45. The third-order valence-corrected chi connectivity index (χ3v) is 8.42. The molecule has 50 heavy (non-hydrogen) atoms. The lowest BCUT2D eigenvalue weighted by molar-refractivity contribution is -0.142. The number of nitrogens with one attached hydrogen (secondary N) is 3. The van der Waals surface area contributed by atoms with Crippen LogP contribution >= 0.6 is 0 Å². The number of esters is 1. The van der Waals surface area contributed by atoms with E-state index in [1.807, 2.05) is 48.5 Å². The first-order valence-electron chi connectivity index (χ1n) is 17.7. The smallest absolute Gasteiger partial charge is 0.312 e. The van der Waals surface area contributed by atoms with E-state index in [0.717, 1.165) is 5.56 Å². The molecule has 0 saturated carbocycles. The van der Waals surface area contributed by atoms with E-state index in [9.17, 15) is 33.6 Å². The Balaban J connectivity index is 0.00000613. The lowest BCUT2D eigenvalue weighted by atomic mass is 9.80. The van der Waals surface area contributed by atoms with Crippen LogP contribution in [0, 0.1) is 23.2 Å². The number of hydrogen-bond donors (Lipinski definition) is 4. The molecule has 3 unspecified atom stereocenters. The summed E-state index contributed by atoms with van der Waals surface area (Å²) < 4.78 is 4.99. The van der Waals surface area contributed by atoms with Gasteiger partial charge in [0.2, 0.25) is 23.6 Å². The third kappa shape index (κ3) is 15.5. The molecule has 1 fully saturated rings. The fourth-order valence-corrected chi connectivity index (χ4v) is 5.56. The number of rotatable bonds is 19. The van der Waals surface area contributed by atoms with E-state index in [1.54, 1.807) is 24.3 Å². The van der Waals surface area contributed by atoms with Crippen molar-refractivity contribution in [1.82, 2.24) is 15.5 Å². The standard InChI is InChI=1S/C35H53N5O8.C2H6/c1-22(2)31(39-29(43)12-8-7-9-18-40-30(44)20-27(33(40)46)35(4,5)6)28(42)19-25(11-10-17-37-34(36)47)32(45)38-26-15-13-24(14-16-26)21-48-23(3)41;1-2/h13-16,22,25,27,31H,7-12,17-21H2,1-6H3,(H,38,45)(H,39,43)(H3,36,37,47);1-2H3. The van der Waals surface area contributed by atoms with E-state index in [1.165, 1.54) is 11.8 Å². The zero-order valence-electron chi connectivity index (χ0n) is 31.2. The Morgan fingerprint density at radius 2 is 1.62 bits per heavy atom. The van der Waals surface area contributed by atoms with E-state index >= 15 is 0 Å². The van der Waals surface area contributed by atoms with Gasteiger partial charge in [0.15, 0.2) is 5.78 Å². The maximum atomic E-state index is 13.5. The van der Waals surface area contributed by atoms with Crippen molar-refractivity contribution in [3.8, 4) is 0 Å². The van der Waals surface area contributed by atoms with Crippen molar-refractivity contribution in [3.63, 3.8) is 0 Å². The van der Waals surface area contributed by atoms with Crippen molar-refractivity contribution in [2.45, 2.75) is 119 Å². The highest BCUT2D eigenvalue weighted by atomic mass is 16.5. The zero-order valence-corrected chi connectivity index (χ0v) is 31.2. The van der Waals surface area contributed by atoms with Crippen molar-refractivity contribution in [2.24, 2.45) is 28.9 Å². The maximum absolute atomic E-state index is 13.5. The average Bonchev–Trinajstić information content (AvgIpc) is 3.34. The molecule has 6 amide bonds. The highest BCUT2D eigenvalue weighted by Crippen LogP contribution is 2.35. The van der Waals surface area contributed by atoms with Gasteiger partial charge in [0.1, 0.15) is 6.61 Å². The number of amides is 6. The Kier molecular flexibility index (Phi) is 19.0. The molecule has 0 spiro atoms. The number of likely N-dealkylation sites (tertiary alicyclic amines) is 1. The summed E-state index contributed by atoms with van der Waals surface area (Å²) in [7, 11) is 0. The second-order valence-electron chi connectivity index (χ2n) is 13.9. The van der Waals surface area contributed by atoms with E-state index in [4.69, 9.17) is 10.5 Å². The summed E-state index contributed by atoms with van der Waals surface area (Å²) >= 11 is 0. The van der Waals surface area contributed by atoms with Crippen molar-refractivity contribution in [2.75, 3.05) is 18.4 Å². The number of hydrogen-bond acceptors (Lipinski definition) is 8. The van der Waals surface area contributed by atoms with Gasteiger partial charge in [-0.05, 0) is 54.7 Å². The molecule has 3 atom stereocenters. The first-order valence-corrected chi connectivity index (χ1v) is 17.7. The highest BCUT2D eigenvalue weighted by molar-refractivity contribution is 6.04. The summed E-state index contributed by atoms with van der Waals surface area (Å²) in [6.07, 6.45) is 2.74. The summed E-state index contributed by atoms with van der Waals surface area (Å²) in [4.78, 5) is 88.2. The van der Waals surface area contributed by atoms with Gasteiger partial charge in [0.05, 0.1) is 12.0 Å². The topological polar surface area (TPSA) is 194 Å². The molecular formula is C37H59N5O8. The normalized spacial score (nSPS) is 15.5. The summed E-state index contributed by atoms with van der Waals surface area (Å²) in [5.41, 5.74) is 6.11. The number of nitrogens with zero attached hydrogens (tertiary/aromatic N) is 1. The van der Waals surface area contributed by atoms with Crippen LogP contribution in [0.15, 0.2) is 24.3 Å². The summed E-state index contributed by atoms with van der Waals surface area (Å²) in [6, 6.07) is 5.29. The number of Topliss-reactive ketones (excluding diaryl/α,β-unsaturated/α-hetero) is 1. The van der Waals surface area contributed by atoms with Gasteiger partial charge in [-0.1, -0.05) is 67.0 Å². The molecule has 1 aliphatic rings. The van der Waals surface area contributed by atoms with Crippen LogP contribution in [0.2, 0.25) is 0 Å². The molecule has 1 aromatic carbocycles. The minimum atomic E-state index is -0.800. The number of anilines is 1. The lowest BCUT2D eigenvalue weighted by Gasteiger charge is -2.25. The van der Waals surface area contributed by atoms with Gasteiger partial charge in [0, 0.05) is 50.9 Å².